The van der Waals surface area contributed by atoms with Crippen molar-refractivity contribution in [1.82, 2.24) is 4.98 Å². The van der Waals surface area contributed by atoms with Gasteiger partial charge in [0.2, 0.25) is 5.91 Å². The summed E-state index contributed by atoms with van der Waals surface area (Å²) in [4.78, 5) is 28.6. The molecule has 3 aromatic rings. The highest BCUT2D eigenvalue weighted by Gasteiger charge is 2.11. The number of methoxy groups -OCH3 is 1. The standard InChI is InChI=1S/C20H18ClN3O3S/c1-27-17-9-7-14(11-16(17)21)22-18(25)10-8-15-12-28-20(23-15)24-19(26)13-5-3-2-4-6-13/h2-7,9,11-12H,8,10H2,1H3,(H,22,25)(H,23,24,26). The second-order valence-electron chi connectivity index (χ2n) is 5.86. The monoisotopic (exact) mass is 415 g/mol. The van der Waals surface area contributed by atoms with E-state index in [-0.39, 0.29) is 18.2 Å². The fourth-order valence-electron chi connectivity index (χ4n) is 2.45. The number of carbonyl (C=O) groups is 2. The number of anilines is 2. The van der Waals surface area contributed by atoms with Crippen LogP contribution in [-0.2, 0) is 11.2 Å². The van der Waals surface area contributed by atoms with E-state index in [1.807, 2.05) is 11.4 Å². The van der Waals surface area contributed by atoms with E-state index in [9.17, 15) is 9.59 Å². The Morgan fingerprint density at radius 2 is 1.93 bits per heavy atom. The number of halogens is 1. The number of carbonyl (C=O) groups excluding carboxylic acids is 2. The number of amides is 2. The third kappa shape index (κ3) is 5.31. The van der Waals surface area contributed by atoms with Crippen molar-refractivity contribution in [2.45, 2.75) is 12.8 Å². The maximum absolute atomic E-state index is 12.1. The smallest absolute Gasteiger partial charge is 0.257 e. The van der Waals surface area contributed by atoms with Crippen molar-refractivity contribution in [3.8, 4) is 5.75 Å². The van der Waals surface area contributed by atoms with Crippen LogP contribution in [0.2, 0.25) is 5.02 Å². The van der Waals surface area contributed by atoms with E-state index in [4.69, 9.17) is 16.3 Å². The summed E-state index contributed by atoms with van der Waals surface area (Å²) < 4.78 is 5.09. The zero-order valence-electron chi connectivity index (χ0n) is 15.1. The summed E-state index contributed by atoms with van der Waals surface area (Å²) >= 11 is 7.38. The highest BCUT2D eigenvalue weighted by molar-refractivity contribution is 7.14. The van der Waals surface area contributed by atoms with Crippen LogP contribution < -0.4 is 15.4 Å². The Bertz CT molecular complexity index is 976. The molecule has 0 radical (unpaired) electrons. The normalized spacial score (nSPS) is 10.4. The maximum atomic E-state index is 12.1. The van der Waals surface area contributed by atoms with Crippen LogP contribution in [-0.4, -0.2) is 23.9 Å². The zero-order valence-corrected chi connectivity index (χ0v) is 16.6. The summed E-state index contributed by atoms with van der Waals surface area (Å²) in [6, 6.07) is 14.0. The van der Waals surface area contributed by atoms with Gasteiger partial charge in [0.25, 0.3) is 5.91 Å². The van der Waals surface area contributed by atoms with E-state index in [0.717, 1.165) is 5.69 Å². The van der Waals surface area contributed by atoms with E-state index < -0.39 is 0 Å². The highest BCUT2D eigenvalue weighted by Crippen LogP contribution is 2.27. The van der Waals surface area contributed by atoms with E-state index in [1.165, 1.54) is 18.4 Å². The molecule has 0 bridgehead atoms. The molecule has 28 heavy (non-hydrogen) atoms. The lowest BCUT2D eigenvalue weighted by molar-refractivity contribution is -0.116. The molecule has 0 saturated carbocycles. The average molecular weight is 416 g/mol. The Labute approximate surface area is 171 Å². The fraction of sp³-hybridized carbons (Fsp3) is 0.150. The van der Waals surface area contributed by atoms with Gasteiger partial charge in [0.1, 0.15) is 5.75 Å². The van der Waals surface area contributed by atoms with Crippen molar-refractivity contribution in [2.24, 2.45) is 0 Å². The third-order valence-corrected chi connectivity index (χ3v) is 4.95. The maximum Gasteiger partial charge on any atom is 0.257 e. The molecule has 2 aromatic carbocycles. The molecule has 1 aromatic heterocycles. The summed E-state index contributed by atoms with van der Waals surface area (Å²) in [5.74, 6) is 0.187. The van der Waals surface area contributed by atoms with Gasteiger partial charge in [-0.3, -0.25) is 14.9 Å². The first-order chi connectivity index (χ1) is 13.5. The van der Waals surface area contributed by atoms with Crippen molar-refractivity contribution in [3.05, 3.63) is 70.2 Å². The predicted molar refractivity (Wildman–Crippen MR) is 111 cm³/mol. The molecule has 2 amide bonds. The second-order valence-corrected chi connectivity index (χ2v) is 7.13. The Kier molecular flexibility index (Phi) is 6.62. The van der Waals surface area contributed by atoms with Gasteiger partial charge in [0.15, 0.2) is 5.13 Å². The van der Waals surface area contributed by atoms with Gasteiger partial charge >= 0.3 is 0 Å². The van der Waals surface area contributed by atoms with Crippen molar-refractivity contribution in [2.75, 3.05) is 17.7 Å². The van der Waals surface area contributed by atoms with Crippen molar-refractivity contribution >= 4 is 45.6 Å². The van der Waals surface area contributed by atoms with Gasteiger partial charge in [-0.25, -0.2) is 4.98 Å². The van der Waals surface area contributed by atoms with E-state index >= 15 is 0 Å². The van der Waals surface area contributed by atoms with Crippen LogP contribution in [0, 0.1) is 0 Å². The van der Waals surface area contributed by atoms with Crippen molar-refractivity contribution in [3.63, 3.8) is 0 Å². The van der Waals surface area contributed by atoms with E-state index in [0.29, 0.717) is 33.6 Å². The van der Waals surface area contributed by atoms with Gasteiger partial charge in [0.05, 0.1) is 17.8 Å². The van der Waals surface area contributed by atoms with Crippen LogP contribution >= 0.6 is 22.9 Å². The molecule has 0 unspecified atom stereocenters. The molecule has 0 atom stereocenters. The number of hydrogen-bond donors (Lipinski definition) is 2. The molecule has 0 saturated heterocycles. The number of nitrogens with one attached hydrogen (secondary N) is 2. The Balaban J connectivity index is 1.50. The van der Waals surface area contributed by atoms with Gasteiger partial charge in [-0.15, -0.1) is 11.3 Å². The Morgan fingerprint density at radius 1 is 1.14 bits per heavy atom. The quantitative estimate of drug-likeness (QED) is 0.589. The molecule has 0 aliphatic rings. The third-order valence-electron chi connectivity index (χ3n) is 3.85. The summed E-state index contributed by atoms with van der Waals surface area (Å²) in [6.07, 6.45) is 0.729. The first-order valence-corrected chi connectivity index (χ1v) is 9.75. The number of aromatic nitrogens is 1. The van der Waals surface area contributed by atoms with Crippen LogP contribution in [0.25, 0.3) is 0 Å². The molecule has 144 valence electrons. The van der Waals surface area contributed by atoms with Gasteiger partial charge in [-0.1, -0.05) is 29.8 Å². The lowest BCUT2D eigenvalue weighted by Gasteiger charge is -2.07. The van der Waals surface area contributed by atoms with Crippen LogP contribution in [0.1, 0.15) is 22.5 Å². The summed E-state index contributed by atoms with van der Waals surface area (Å²) in [5, 5.41) is 8.32. The minimum atomic E-state index is -0.212. The van der Waals surface area contributed by atoms with Crippen molar-refractivity contribution < 1.29 is 14.3 Å². The lowest BCUT2D eigenvalue weighted by atomic mass is 10.2. The van der Waals surface area contributed by atoms with Gasteiger partial charge in [-0.05, 0) is 36.8 Å². The molecule has 0 aliphatic heterocycles. The highest BCUT2D eigenvalue weighted by atomic mass is 35.5. The Morgan fingerprint density at radius 3 is 2.64 bits per heavy atom. The first kappa shape index (κ1) is 19.9. The predicted octanol–water partition coefficient (Wildman–Crippen LogP) is 4.63. The number of rotatable bonds is 7. The lowest BCUT2D eigenvalue weighted by Crippen LogP contribution is -2.13. The van der Waals surface area contributed by atoms with E-state index in [2.05, 4.69) is 15.6 Å². The second kappa shape index (κ2) is 9.34. The molecule has 3 rings (SSSR count). The SMILES string of the molecule is COc1ccc(NC(=O)CCc2csc(NC(=O)c3ccccc3)n2)cc1Cl. The van der Waals surface area contributed by atoms with Crippen LogP contribution in [0.3, 0.4) is 0 Å². The minimum Gasteiger partial charge on any atom is -0.495 e. The summed E-state index contributed by atoms with van der Waals surface area (Å²) in [6.45, 7) is 0. The van der Waals surface area contributed by atoms with Crippen LogP contribution in [0.15, 0.2) is 53.9 Å². The topological polar surface area (TPSA) is 80.3 Å². The summed E-state index contributed by atoms with van der Waals surface area (Å²) in [7, 11) is 1.53. The van der Waals surface area contributed by atoms with Gasteiger partial charge < -0.3 is 10.1 Å². The molecule has 0 fully saturated rings. The molecule has 1 heterocycles. The molecule has 0 spiro atoms. The molecule has 2 N–H and O–H groups in total. The minimum absolute atomic E-state index is 0.149. The van der Waals surface area contributed by atoms with E-state index in [1.54, 1.807) is 42.5 Å². The molecule has 6 nitrogen and oxygen atoms in total. The zero-order chi connectivity index (χ0) is 19.9. The number of nitrogens with zero attached hydrogens (tertiary/aromatic N) is 1. The number of thiazole rings is 1. The molecule has 0 aliphatic carbocycles. The molecular formula is C20H18ClN3O3S. The average Bonchev–Trinajstić information content (AvgIpc) is 3.14. The van der Waals surface area contributed by atoms with Gasteiger partial charge in [0, 0.05) is 23.1 Å². The number of hydrogen-bond acceptors (Lipinski definition) is 5. The largest absolute Gasteiger partial charge is 0.495 e. The van der Waals surface area contributed by atoms with Gasteiger partial charge in [-0.2, -0.15) is 0 Å². The number of ether oxygens (including phenoxy) is 1. The van der Waals surface area contributed by atoms with Crippen LogP contribution in [0.4, 0.5) is 10.8 Å². The summed E-state index contributed by atoms with van der Waals surface area (Å²) in [5.41, 5.74) is 1.91. The number of benzene rings is 2. The van der Waals surface area contributed by atoms with Crippen LogP contribution in [0.5, 0.6) is 5.75 Å². The fourth-order valence-corrected chi connectivity index (χ4v) is 3.44. The Hall–Kier alpha value is -2.90. The van der Waals surface area contributed by atoms with Crippen molar-refractivity contribution in [1.29, 1.82) is 0 Å². The molecular weight excluding hydrogens is 398 g/mol. The first-order valence-electron chi connectivity index (χ1n) is 8.49. The number of aryl methyl sites for hydroxylation is 1. The molecule has 8 heteroatoms.